The van der Waals surface area contributed by atoms with Gasteiger partial charge >= 0.3 is 0 Å². The summed E-state index contributed by atoms with van der Waals surface area (Å²) in [5, 5.41) is 0. The molecule has 0 aliphatic heterocycles. The molecule has 0 rings (SSSR count). The minimum atomic E-state index is 0.242. The summed E-state index contributed by atoms with van der Waals surface area (Å²) in [6, 6.07) is 0. The summed E-state index contributed by atoms with van der Waals surface area (Å²) in [6.07, 6.45) is 5.09. The molecule has 0 amide bonds. The van der Waals surface area contributed by atoms with Crippen LogP contribution in [-0.2, 0) is 9.59 Å². The maximum Gasteiger partial charge on any atom is 0.129 e. The number of rotatable bonds is 6. The fourth-order valence-corrected chi connectivity index (χ4v) is 0.778. The third-order valence-electron chi connectivity index (χ3n) is 1.35. The molecule has 0 aliphatic rings. The summed E-state index contributed by atoms with van der Waals surface area (Å²) in [5.41, 5.74) is 0. The van der Waals surface area contributed by atoms with Crippen LogP contribution in [-0.4, -0.2) is 12.1 Å². The smallest absolute Gasteiger partial charge is 0.129 e. The van der Waals surface area contributed by atoms with E-state index in [0.29, 0.717) is 12.8 Å². The van der Waals surface area contributed by atoms with Crippen LogP contribution in [0.25, 0.3) is 0 Å². The van der Waals surface area contributed by atoms with Gasteiger partial charge in [-0.25, -0.2) is 0 Å². The van der Waals surface area contributed by atoms with Gasteiger partial charge in [-0.05, 0) is 19.8 Å². The van der Waals surface area contributed by atoms with Crippen LogP contribution < -0.4 is 0 Å². The maximum absolute atomic E-state index is 10.4. The molecular weight excluding hydrogens is 128 g/mol. The number of hydrogen-bond donors (Lipinski definition) is 0. The highest BCUT2D eigenvalue weighted by Crippen LogP contribution is 2.01. The van der Waals surface area contributed by atoms with E-state index in [1.54, 1.807) is 6.92 Å². The van der Waals surface area contributed by atoms with E-state index in [1.165, 1.54) is 0 Å². The van der Waals surface area contributed by atoms with Gasteiger partial charge in [-0.15, -0.1) is 0 Å². The SMILES string of the molecule is CC(=O)CCCCCC=O. The Bertz CT molecular complexity index is 108. The number of hydrogen-bond acceptors (Lipinski definition) is 2. The molecule has 0 N–H and O–H groups in total. The molecular formula is C8H14O2. The van der Waals surface area contributed by atoms with Gasteiger partial charge in [0, 0.05) is 12.8 Å². The Kier molecular flexibility index (Phi) is 6.03. The molecule has 0 atom stereocenters. The van der Waals surface area contributed by atoms with Gasteiger partial charge in [0.25, 0.3) is 0 Å². The van der Waals surface area contributed by atoms with Gasteiger partial charge in [-0.3, -0.25) is 0 Å². The van der Waals surface area contributed by atoms with Crippen LogP contribution in [0.2, 0.25) is 0 Å². The largest absolute Gasteiger partial charge is 0.303 e. The molecule has 0 spiro atoms. The van der Waals surface area contributed by atoms with Gasteiger partial charge in [0.1, 0.15) is 12.1 Å². The average Bonchev–Trinajstić information content (AvgIpc) is 1.87. The zero-order valence-corrected chi connectivity index (χ0v) is 6.43. The number of Topliss-reactive ketones (excluding diaryl/α,β-unsaturated/α-hetero) is 1. The summed E-state index contributed by atoms with van der Waals surface area (Å²) >= 11 is 0. The molecule has 0 saturated heterocycles. The van der Waals surface area contributed by atoms with Crippen LogP contribution in [0, 0.1) is 0 Å². The highest BCUT2D eigenvalue weighted by Gasteiger charge is 1.92. The lowest BCUT2D eigenvalue weighted by Gasteiger charge is -1.93. The monoisotopic (exact) mass is 142 g/mol. The molecule has 58 valence electrons. The molecule has 10 heavy (non-hydrogen) atoms. The van der Waals surface area contributed by atoms with E-state index in [-0.39, 0.29) is 5.78 Å². The van der Waals surface area contributed by atoms with Crippen LogP contribution in [0.3, 0.4) is 0 Å². The van der Waals surface area contributed by atoms with Crippen molar-refractivity contribution >= 4 is 12.1 Å². The maximum atomic E-state index is 10.4. The lowest BCUT2D eigenvalue weighted by molar-refractivity contribution is -0.117. The Balaban J connectivity index is 2.90. The Labute approximate surface area is 61.6 Å². The van der Waals surface area contributed by atoms with Crippen molar-refractivity contribution in [3.05, 3.63) is 0 Å². The Morgan fingerprint density at radius 1 is 1.30 bits per heavy atom. The van der Waals surface area contributed by atoms with Gasteiger partial charge in [0.15, 0.2) is 0 Å². The number of aldehydes is 1. The molecule has 0 saturated carbocycles. The molecule has 2 nitrogen and oxygen atoms in total. The van der Waals surface area contributed by atoms with Gasteiger partial charge in [0.05, 0.1) is 0 Å². The van der Waals surface area contributed by atoms with Gasteiger partial charge in [-0.1, -0.05) is 6.42 Å². The number of carbonyl (C=O) groups is 2. The third-order valence-corrected chi connectivity index (χ3v) is 1.35. The average molecular weight is 142 g/mol. The fourth-order valence-electron chi connectivity index (χ4n) is 0.778. The van der Waals surface area contributed by atoms with Crippen molar-refractivity contribution in [1.82, 2.24) is 0 Å². The van der Waals surface area contributed by atoms with E-state index in [9.17, 15) is 9.59 Å². The highest BCUT2D eigenvalue weighted by molar-refractivity contribution is 5.75. The van der Waals surface area contributed by atoms with Crippen LogP contribution in [0.1, 0.15) is 39.0 Å². The first kappa shape index (κ1) is 9.34. The summed E-state index contributed by atoms with van der Waals surface area (Å²) in [7, 11) is 0. The van der Waals surface area contributed by atoms with E-state index in [0.717, 1.165) is 25.5 Å². The van der Waals surface area contributed by atoms with E-state index < -0.39 is 0 Å². The van der Waals surface area contributed by atoms with Crippen molar-refractivity contribution in [1.29, 1.82) is 0 Å². The van der Waals surface area contributed by atoms with Crippen molar-refractivity contribution in [3.63, 3.8) is 0 Å². The lowest BCUT2D eigenvalue weighted by atomic mass is 10.1. The van der Waals surface area contributed by atoms with E-state index in [1.807, 2.05) is 0 Å². The second kappa shape index (κ2) is 6.46. The third kappa shape index (κ3) is 7.34. The predicted octanol–water partition coefficient (Wildman–Crippen LogP) is 1.72. The quantitative estimate of drug-likeness (QED) is 0.418. The van der Waals surface area contributed by atoms with E-state index in [2.05, 4.69) is 0 Å². The fraction of sp³-hybridized carbons (Fsp3) is 0.750. The van der Waals surface area contributed by atoms with E-state index in [4.69, 9.17) is 0 Å². The summed E-state index contributed by atoms with van der Waals surface area (Å²) in [5.74, 6) is 0.242. The van der Waals surface area contributed by atoms with Crippen molar-refractivity contribution < 1.29 is 9.59 Å². The first-order chi connectivity index (χ1) is 4.77. The summed E-state index contributed by atoms with van der Waals surface area (Å²) in [6.45, 7) is 1.60. The zero-order valence-electron chi connectivity index (χ0n) is 6.43. The molecule has 0 unspecified atom stereocenters. The van der Waals surface area contributed by atoms with Crippen molar-refractivity contribution in [2.45, 2.75) is 39.0 Å². The molecule has 0 bridgehead atoms. The second-order valence-corrected chi connectivity index (χ2v) is 2.47. The number of unbranched alkanes of at least 4 members (excludes halogenated alkanes) is 3. The van der Waals surface area contributed by atoms with Gasteiger partial charge in [0.2, 0.25) is 0 Å². The topological polar surface area (TPSA) is 34.1 Å². The Morgan fingerprint density at radius 3 is 2.50 bits per heavy atom. The van der Waals surface area contributed by atoms with Crippen LogP contribution >= 0.6 is 0 Å². The minimum absolute atomic E-state index is 0.242. The molecule has 0 heterocycles. The number of ketones is 1. The molecule has 2 heteroatoms. The van der Waals surface area contributed by atoms with Crippen LogP contribution in [0.15, 0.2) is 0 Å². The van der Waals surface area contributed by atoms with Crippen LogP contribution in [0.4, 0.5) is 0 Å². The normalized spacial score (nSPS) is 9.30. The molecule has 0 aromatic heterocycles. The van der Waals surface area contributed by atoms with Crippen LogP contribution in [0.5, 0.6) is 0 Å². The second-order valence-electron chi connectivity index (χ2n) is 2.47. The summed E-state index contributed by atoms with van der Waals surface area (Å²) in [4.78, 5) is 20.2. The van der Waals surface area contributed by atoms with E-state index >= 15 is 0 Å². The standard InChI is InChI=1S/C8H14O2/c1-8(10)6-4-2-3-5-7-9/h7H,2-6H2,1H3. The molecule has 0 aromatic rings. The lowest BCUT2D eigenvalue weighted by Crippen LogP contribution is -1.89. The first-order valence-electron chi connectivity index (χ1n) is 3.70. The molecule has 0 radical (unpaired) electrons. The predicted molar refractivity (Wildman–Crippen MR) is 39.8 cm³/mol. The van der Waals surface area contributed by atoms with Crippen molar-refractivity contribution in [2.24, 2.45) is 0 Å². The van der Waals surface area contributed by atoms with Crippen molar-refractivity contribution in [2.75, 3.05) is 0 Å². The number of carbonyl (C=O) groups excluding carboxylic acids is 2. The molecule has 0 aliphatic carbocycles. The highest BCUT2D eigenvalue weighted by atomic mass is 16.1. The molecule has 0 aromatic carbocycles. The molecule has 0 fully saturated rings. The van der Waals surface area contributed by atoms with Crippen molar-refractivity contribution in [3.8, 4) is 0 Å². The first-order valence-corrected chi connectivity index (χ1v) is 3.70. The Morgan fingerprint density at radius 2 is 2.00 bits per heavy atom. The van der Waals surface area contributed by atoms with Gasteiger partial charge in [-0.2, -0.15) is 0 Å². The summed E-state index contributed by atoms with van der Waals surface area (Å²) < 4.78 is 0. The van der Waals surface area contributed by atoms with Gasteiger partial charge < -0.3 is 9.59 Å². The zero-order chi connectivity index (χ0) is 7.82. The Hall–Kier alpha value is -0.660. The minimum Gasteiger partial charge on any atom is -0.303 e.